The summed E-state index contributed by atoms with van der Waals surface area (Å²) >= 11 is 0. The molecule has 2 aromatic heterocycles. The molecule has 0 aliphatic carbocycles. The van der Waals surface area contributed by atoms with E-state index in [-0.39, 0.29) is 17.5 Å². The van der Waals surface area contributed by atoms with Gasteiger partial charge in [0.15, 0.2) is 0 Å². The van der Waals surface area contributed by atoms with Gasteiger partial charge in [0.05, 0.1) is 29.7 Å². The zero-order chi connectivity index (χ0) is 29.3. The number of hydrogen-bond acceptors (Lipinski definition) is 5. The van der Waals surface area contributed by atoms with Crippen molar-refractivity contribution in [3.05, 3.63) is 113 Å². The average Bonchev–Trinajstić information content (AvgIpc) is 3.21. The van der Waals surface area contributed by atoms with Crippen LogP contribution in [0.4, 0.5) is 5.82 Å². The summed E-state index contributed by atoms with van der Waals surface area (Å²) in [5.74, 6) is -0.350. The molecule has 5 aromatic rings. The summed E-state index contributed by atoms with van der Waals surface area (Å²) in [5, 5.41) is 13.6. The van der Waals surface area contributed by atoms with Gasteiger partial charge in [0.2, 0.25) is 0 Å². The first-order valence-electron chi connectivity index (χ1n) is 13.4. The summed E-state index contributed by atoms with van der Waals surface area (Å²) in [6, 6.07) is 20.5. The minimum absolute atomic E-state index is 0.167. The van der Waals surface area contributed by atoms with Crippen LogP contribution in [-0.2, 0) is 6.54 Å². The van der Waals surface area contributed by atoms with E-state index >= 15 is 0 Å². The van der Waals surface area contributed by atoms with Crippen molar-refractivity contribution in [3.63, 3.8) is 0 Å². The number of carboxylic acid groups (broad SMARTS) is 1. The summed E-state index contributed by atoms with van der Waals surface area (Å²) in [6.07, 6.45) is 3.38. The van der Waals surface area contributed by atoms with Crippen molar-refractivity contribution in [2.75, 3.05) is 19.0 Å². The van der Waals surface area contributed by atoms with Crippen LogP contribution in [0.3, 0.4) is 0 Å². The van der Waals surface area contributed by atoms with Gasteiger partial charge in [-0.25, -0.2) is 9.78 Å². The second-order valence-corrected chi connectivity index (χ2v) is 10.5. The van der Waals surface area contributed by atoms with Crippen molar-refractivity contribution in [2.45, 2.75) is 33.4 Å². The fourth-order valence-electron chi connectivity index (χ4n) is 5.03. The molecule has 8 heteroatoms. The van der Waals surface area contributed by atoms with Gasteiger partial charge in [-0.3, -0.25) is 9.78 Å². The number of carbonyl (C=O) groups is 2. The molecule has 2 heterocycles. The Balaban J connectivity index is 1.36. The Kier molecular flexibility index (Phi) is 7.57. The summed E-state index contributed by atoms with van der Waals surface area (Å²) in [5.41, 5.74) is 7.53. The molecule has 0 aliphatic heterocycles. The van der Waals surface area contributed by atoms with E-state index in [2.05, 4.69) is 33.7 Å². The lowest BCUT2D eigenvalue weighted by molar-refractivity contribution is 0.0697. The summed E-state index contributed by atoms with van der Waals surface area (Å²) in [6.45, 7) is 6.71. The van der Waals surface area contributed by atoms with Gasteiger partial charge >= 0.3 is 5.97 Å². The third-order valence-electron chi connectivity index (χ3n) is 7.57. The molecule has 0 bridgehead atoms. The molecule has 0 aliphatic rings. The highest BCUT2D eigenvalue weighted by atomic mass is 16.4. The van der Waals surface area contributed by atoms with Gasteiger partial charge in [-0.1, -0.05) is 42.5 Å². The largest absolute Gasteiger partial charge is 0.478 e. The second-order valence-electron chi connectivity index (χ2n) is 10.5. The van der Waals surface area contributed by atoms with Crippen LogP contribution in [0.15, 0.2) is 79.1 Å². The number of amides is 1. The molecule has 41 heavy (non-hydrogen) atoms. The van der Waals surface area contributed by atoms with E-state index in [0.717, 1.165) is 39.1 Å². The molecule has 0 fully saturated rings. The number of anilines is 1. The molecular weight excluding hydrogens is 514 g/mol. The SMILES string of the molecule is Cc1c(C)n(Cc2ccc(-c3ccccc3C(=O)O)cc2)c2ccc(C(=O)NC(C)c3cnc(N(C)C)cn3)cc12. The van der Waals surface area contributed by atoms with Crippen molar-refractivity contribution in [1.82, 2.24) is 19.9 Å². The van der Waals surface area contributed by atoms with E-state index in [1.165, 1.54) is 0 Å². The van der Waals surface area contributed by atoms with Crippen LogP contribution in [0.25, 0.3) is 22.0 Å². The van der Waals surface area contributed by atoms with Gasteiger partial charge in [0, 0.05) is 42.8 Å². The number of aromatic carboxylic acids is 1. The van der Waals surface area contributed by atoms with Gasteiger partial charge in [0.25, 0.3) is 5.91 Å². The standard InChI is InChI=1S/C33H33N5O3/c1-20-22(3)38(19-23-10-12-24(13-11-23)26-8-6-7-9-27(26)33(40)41)30-15-14-25(16-28(20)30)32(39)36-21(2)29-17-35-31(18-34-29)37(4)5/h6-18,21H,19H2,1-5H3,(H,36,39)(H,40,41). The molecule has 0 radical (unpaired) electrons. The zero-order valence-electron chi connectivity index (χ0n) is 23.8. The van der Waals surface area contributed by atoms with E-state index in [1.807, 2.05) is 80.5 Å². The van der Waals surface area contributed by atoms with Crippen LogP contribution in [0, 0.1) is 13.8 Å². The van der Waals surface area contributed by atoms with E-state index in [0.29, 0.717) is 23.4 Å². The van der Waals surface area contributed by atoms with Gasteiger partial charge in [-0.2, -0.15) is 0 Å². The normalized spacial score (nSPS) is 11.8. The summed E-state index contributed by atoms with van der Waals surface area (Å²) in [7, 11) is 3.81. The predicted molar refractivity (Wildman–Crippen MR) is 162 cm³/mol. The Labute approximate surface area is 239 Å². The van der Waals surface area contributed by atoms with Crippen molar-refractivity contribution in [2.24, 2.45) is 0 Å². The molecule has 208 valence electrons. The third-order valence-corrected chi connectivity index (χ3v) is 7.57. The highest BCUT2D eigenvalue weighted by Gasteiger charge is 2.17. The van der Waals surface area contributed by atoms with Gasteiger partial charge in [-0.05, 0) is 67.3 Å². The Morgan fingerprint density at radius 3 is 2.37 bits per heavy atom. The van der Waals surface area contributed by atoms with Gasteiger partial charge in [-0.15, -0.1) is 0 Å². The molecule has 0 spiro atoms. The monoisotopic (exact) mass is 547 g/mol. The summed E-state index contributed by atoms with van der Waals surface area (Å²) < 4.78 is 2.25. The highest BCUT2D eigenvalue weighted by Crippen LogP contribution is 2.29. The Morgan fingerprint density at radius 1 is 0.976 bits per heavy atom. The number of benzene rings is 3. The number of aryl methyl sites for hydroxylation is 1. The van der Waals surface area contributed by atoms with E-state index < -0.39 is 5.97 Å². The first-order valence-corrected chi connectivity index (χ1v) is 13.4. The molecule has 3 aromatic carbocycles. The molecule has 1 unspecified atom stereocenters. The van der Waals surface area contributed by atoms with Crippen LogP contribution >= 0.6 is 0 Å². The van der Waals surface area contributed by atoms with Crippen LogP contribution in [0.5, 0.6) is 0 Å². The Bertz CT molecular complexity index is 1740. The number of aromatic nitrogens is 3. The quantitative estimate of drug-likeness (QED) is 0.246. The van der Waals surface area contributed by atoms with E-state index in [1.54, 1.807) is 24.5 Å². The van der Waals surface area contributed by atoms with Crippen LogP contribution < -0.4 is 10.2 Å². The topological polar surface area (TPSA) is 100 Å². The molecule has 1 atom stereocenters. The smallest absolute Gasteiger partial charge is 0.336 e. The minimum Gasteiger partial charge on any atom is -0.478 e. The van der Waals surface area contributed by atoms with E-state index in [9.17, 15) is 14.7 Å². The first kappa shape index (κ1) is 27.6. The number of nitrogens with one attached hydrogen (secondary N) is 1. The highest BCUT2D eigenvalue weighted by molar-refractivity contribution is 5.99. The van der Waals surface area contributed by atoms with Crippen molar-refractivity contribution in [1.29, 1.82) is 0 Å². The molecular formula is C33H33N5O3. The number of fused-ring (bicyclic) bond motifs is 1. The molecule has 0 saturated heterocycles. The fourth-order valence-corrected chi connectivity index (χ4v) is 5.03. The molecule has 8 nitrogen and oxygen atoms in total. The van der Waals surface area contributed by atoms with Crippen LogP contribution in [0.1, 0.15) is 56.2 Å². The predicted octanol–water partition coefficient (Wildman–Crippen LogP) is 6.02. The Morgan fingerprint density at radius 2 is 1.71 bits per heavy atom. The van der Waals surface area contributed by atoms with Crippen molar-refractivity contribution in [3.8, 4) is 11.1 Å². The lowest BCUT2D eigenvalue weighted by atomic mass is 9.99. The lowest BCUT2D eigenvalue weighted by Crippen LogP contribution is -2.27. The maximum atomic E-state index is 13.1. The number of rotatable bonds is 8. The number of nitrogens with zero attached hydrogens (tertiary/aromatic N) is 4. The molecule has 0 saturated carbocycles. The van der Waals surface area contributed by atoms with Crippen molar-refractivity contribution >= 4 is 28.6 Å². The van der Waals surface area contributed by atoms with Gasteiger partial charge in [0.1, 0.15) is 5.82 Å². The first-order chi connectivity index (χ1) is 19.6. The zero-order valence-corrected chi connectivity index (χ0v) is 23.8. The third kappa shape index (κ3) is 5.54. The maximum Gasteiger partial charge on any atom is 0.336 e. The van der Waals surface area contributed by atoms with Crippen LogP contribution in [-0.4, -0.2) is 45.6 Å². The number of carbonyl (C=O) groups excluding carboxylic acids is 1. The van der Waals surface area contributed by atoms with E-state index in [4.69, 9.17) is 0 Å². The maximum absolute atomic E-state index is 13.1. The molecule has 1 amide bonds. The molecule has 2 N–H and O–H groups in total. The number of carboxylic acids is 1. The Hall–Kier alpha value is -4.98. The average molecular weight is 548 g/mol. The fraction of sp³-hybridized carbons (Fsp3) is 0.212. The van der Waals surface area contributed by atoms with Crippen LogP contribution in [0.2, 0.25) is 0 Å². The molecule has 5 rings (SSSR count). The summed E-state index contributed by atoms with van der Waals surface area (Å²) in [4.78, 5) is 35.5. The number of hydrogen-bond donors (Lipinski definition) is 2. The van der Waals surface area contributed by atoms with Crippen molar-refractivity contribution < 1.29 is 14.7 Å². The lowest BCUT2D eigenvalue weighted by Gasteiger charge is -2.15. The minimum atomic E-state index is -0.940. The second kappa shape index (κ2) is 11.3. The van der Waals surface area contributed by atoms with Gasteiger partial charge < -0.3 is 19.9 Å².